The van der Waals surface area contributed by atoms with Crippen LogP contribution in [0.15, 0.2) is 12.3 Å². The molecule has 0 aliphatic rings. The van der Waals surface area contributed by atoms with Crippen molar-refractivity contribution < 1.29 is 0 Å². The Morgan fingerprint density at radius 2 is 2.15 bits per heavy atom. The number of hydrogen-bond donors (Lipinski definition) is 1. The molecule has 5 nitrogen and oxygen atoms in total. The van der Waals surface area contributed by atoms with E-state index in [1.54, 1.807) is 11.3 Å². The highest BCUT2D eigenvalue weighted by Crippen LogP contribution is 2.29. The van der Waals surface area contributed by atoms with Crippen molar-refractivity contribution in [1.82, 2.24) is 19.7 Å². The Kier molecular flexibility index (Phi) is 3.35. The molecular weight excluding hydrogens is 294 g/mol. The number of halogens is 1. The molecule has 0 spiro atoms. The molecule has 3 heterocycles. The van der Waals surface area contributed by atoms with E-state index in [0.29, 0.717) is 6.54 Å². The molecule has 0 saturated heterocycles. The zero-order chi connectivity index (χ0) is 14.3. The van der Waals surface area contributed by atoms with Crippen LogP contribution in [0.3, 0.4) is 0 Å². The van der Waals surface area contributed by atoms with Crippen molar-refractivity contribution in [2.45, 2.75) is 20.4 Å². The second-order valence-corrected chi connectivity index (χ2v) is 6.26. The lowest BCUT2D eigenvalue weighted by Gasteiger charge is -2.06. The number of nitrogens with zero attached hydrogens (tertiary/aromatic N) is 4. The van der Waals surface area contributed by atoms with Crippen LogP contribution in [0.4, 0.5) is 5.82 Å². The second-order valence-electron chi connectivity index (χ2n) is 4.68. The van der Waals surface area contributed by atoms with Gasteiger partial charge in [-0.1, -0.05) is 0 Å². The van der Waals surface area contributed by atoms with E-state index in [1.165, 1.54) is 4.88 Å². The van der Waals surface area contributed by atoms with Crippen LogP contribution in [0.25, 0.3) is 10.2 Å². The van der Waals surface area contributed by atoms with Crippen LogP contribution in [0.1, 0.15) is 16.1 Å². The molecule has 7 heteroatoms. The summed E-state index contributed by atoms with van der Waals surface area (Å²) in [7, 11) is 1.92. The summed E-state index contributed by atoms with van der Waals surface area (Å²) in [6, 6.07) is 2.08. The van der Waals surface area contributed by atoms with E-state index in [9.17, 15) is 0 Å². The zero-order valence-electron chi connectivity index (χ0n) is 11.4. The number of fused-ring (bicyclic) bond motifs is 1. The summed E-state index contributed by atoms with van der Waals surface area (Å²) in [6.45, 7) is 4.71. The van der Waals surface area contributed by atoms with Crippen LogP contribution < -0.4 is 5.32 Å². The van der Waals surface area contributed by atoms with Gasteiger partial charge in [0.25, 0.3) is 0 Å². The Balaban J connectivity index is 1.92. The normalized spacial score (nSPS) is 11.2. The zero-order valence-corrected chi connectivity index (χ0v) is 13.0. The van der Waals surface area contributed by atoms with E-state index in [4.69, 9.17) is 11.6 Å². The highest BCUT2D eigenvalue weighted by atomic mass is 35.5. The van der Waals surface area contributed by atoms with Gasteiger partial charge in [-0.25, -0.2) is 9.97 Å². The molecule has 0 aliphatic heterocycles. The second kappa shape index (κ2) is 5.03. The fourth-order valence-corrected chi connectivity index (χ4v) is 3.25. The Labute approximate surface area is 125 Å². The van der Waals surface area contributed by atoms with Gasteiger partial charge >= 0.3 is 0 Å². The maximum Gasteiger partial charge on any atom is 0.225 e. The molecular formula is C13H14ClN5S. The van der Waals surface area contributed by atoms with E-state index in [1.807, 2.05) is 24.9 Å². The topological polar surface area (TPSA) is 55.6 Å². The molecule has 104 valence electrons. The molecule has 0 atom stereocenters. The minimum Gasteiger partial charge on any atom is -0.365 e. The summed E-state index contributed by atoms with van der Waals surface area (Å²) in [5.41, 5.74) is 2.15. The smallest absolute Gasteiger partial charge is 0.225 e. The standard InChI is InChI=1S/C13H14ClN5S/c1-7-4-10-11(16-13(14)17-12(10)20-7)15-5-9-6-19(3)18-8(9)2/h4,6H,5H2,1-3H3,(H,15,16,17). The Morgan fingerprint density at radius 3 is 2.85 bits per heavy atom. The number of thiophene rings is 1. The first-order chi connectivity index (χ1) is 9.52. The lowest BCUT2D eigenvalue weighted by Crippen LogP contribution is -2.03. The van der Waals surface area contributed by atoms with Crippen molar-refractivity contribution in [3.8, 4) is 0 Å². The van der Waals surface area contributed by atoms with Crippen LogP contribution in [0.5, 0.6) is 0 Å². The fraction of sp³-hybridized carbons (Fsp3) is 0.308. The number of aryl methyl sites for hydroxylation is 3. The predicted molar refractivity (Wildman–Crippen MR) is 82.4 cm³/mol. The third kappa shape index (κ3) is 2.48. The van der Waals surface area contributed by atoms with Crippen LogP contribution in [-0.4, -0.2) is 19.7 Å². The van der Waals surface area contributed by atoms with Gasteiger partial charge in [0.05, 0.1) is 11.1 Å². The van der Waals surface area contributed by atoms with Crippen molar-refractivity contribution in [3.05, 3.63) is 33.7 Å². The molecule has 20 heavy (non-hydrogen) atoms. The fourth-order valence-electron chi connectivity index (χ4n) is 2.15. The first-order valence-electron chi connectivity index (χ1n) is 6.19. The van der Waals surface area contributed by atoms with E-state index in [-0.39, 0.29) is 5.28 Å². The number of aromatic nitrogens is 4. The average molecular weight is 308 g/mol. The Morgan fingerprint density at radius 1 is 1.35 bits per heavy atom. The minimum absolute atomic E-state index is 0.268. The summed E-state index contributed by atoms with van der Waals surface area (Å²) >= 11 is 7.60. The summed E-state index contributed by atoms with van der Waals surface area (Å²) < 4.78 is 1.81. The Hall–Kier alpha value is -1.66. The summed E-state index contributed by atoms with van der Waals surface area (Å²) in [5.74, 6) is 0.771. The lowest BCUT2D eigenvalue weighted by molar-refractivity contribution is 0.756. The molecule has 0 fully saturated rings. The predicted octanol–water partition coefficient (Wildman–Crippen LogP) is 3.31. The molecule has 0 aliphatic carbocycles. The summed E-state index contributed by atoms with van der Waals surface area (Å²) in [6.07, 6.45) is 2.00. The van der Waals surface area contributed by atoms with Gasteiger partial charge in [0.2, 0.25) is 5.28 Å². The largest absolute Gasteiger partial charge is 0.365 e. The molecule has 3 aromatic heterocycles. The van der Waals surface area contributed by atoms with E-state index < -0.39 is 0 Å². The monoisotopic (exact) mass is 307 g/mol. The third-order valence-corrected chi connectivity index (χ3v) is 4.16. The van der Waals surface area contributed by atoms with Crippen LogP contribution in [0, 0.1) is 13.8 Å². The van der Waals surface area contributed by atoms with Gasteiger partial charge in [-0.05, 0) is 31.5 Å². The molecule has 0 unspecified atom stereocenters. The molecule has 0 amide bonds. The highest BCUT2D eigenvalue weighted by molar-refractivity contribution is 7.18. The Bertz CT molecular complexity index is 777. The highest BCUT2D eigenvalue weighted by Gasteiger charge is 2.10. The molecule has 1 N–H and O–H groups in total. The van der Waals surface area contributed by atoms with E-state index >= 15 is 0 Å². The lowest BCUT2D eigenvalue weighted by atomic mass is 10.2. The number of anilines is 1. The first-order valence-corrected chi connectivity index (χ1v) is 7.39. The van der Waals surface area contributed by atoms with Crippen molar-refractivity contribution in [1.29, 1.82) is 0 Å². The van der Waals surface area contributed by atoms with Crippen molar-refractivity contribution in [2.75, 3.05) is 5.32 Å². The van der Waals surface area contributed by atoms with Gasteiger partial charge in [-0.15, -0.1) is 11.3 Å². The van der Waals surface area contributed by atoms with Gasteiger partial charge in [0.15, 0.2) is 0 Å². The number of hydrogen-bond acceptors (Lipinski definition) is 5. The number of rotatable bonds is 3. The molecule has 0 saturated carbocycles. The molecule has 3 rings (SSSR count). The van der Waals surface area contributed by atoms with Gasteiger partial charge in [-0.2, -0.15) is 5.10 Å². The van der Waals surface area contributed by atoms with Gasteiger partial charge in [-0.3, -0.25) is 4.68 Å². The first kappa shape index (κ1) is 13.3. The average Bonchev–Trinajstić information content (AvgIpc) is 2.88. The van der Waals surface area contributed by atoms with Crippen LogP contribution in [-0.2, 0) is 13.6 Å². The van der Waals surface area contributed by atoms with Crippen LogP contribution >= 0.6 is 22.9 Å². The van der Waals surface area contributed by atoms with Crippen LogP contribution in [0.2, 0.25) is 5.28 Å². The van der Waals surface area contributed by atoms with Gasteiger partial charge in [0, 0.05) is 30.2 Å². The SMILES string of the molecule is Cc1cc2c(NCc3cn(C)nc3C)nc(Cl)nc2s1. The van der Waals surface area contributed by atoms with Gasteiger partial charge in [0.1, 0.15) is 10.6 Å². The number of nitrogens with one attached hydrogen (secondary N) is 1. The van der Waals surface area contributed by atoms with Crippen molar-refractivity contribution in [3.63, 3.8) is 0 Å². The quantitative estimate of drug-likeness (QED) is 0.754. The van der Waals surface area contributed by atoms with Crippen molar-refractivity contribution in [2.24, 2.45) is 7.05 Å². The molecule has 0 bridgehead atoms. The van der Waals surface area contributed by atoms with E-state index in [2.05, 4.69) is 33.4 Å². The maximum absolute atomic E-state index is 5.98. The summed E-state index contributed by atoms with van der Waals surface area (Å²) in [5, 5.41) is 8.94. The molecule has 0 radical (unpaired) electrons. The molecule has 3 aromatic rings. The van der Waals surface area contributed by atoms with E-state index in [0.717, 1.165) is 27.3 Å². The van der Waals surface area contributed by atoms with Crippen molar-refractivity contribution >= 4 is 39.0 Å². The van der Waals surface area contributed by atoms with Gasteiger partial charge < -0.3 is 5.32 Å². The summed E-state index contributed by atoms with van der Waals surface area (Å²) in [4.78, 5) is 10.6. The third-order valence-electron chi connectivity index (χ3n) is 3.05. The molecule has 0 aromatic carbocycles. The minimum atomic E-state index is 0.268. The maximum atomic E-state index is 5.98.